The maximum absolute atomic E-state index is 10.7. The third kappa shape index (κ3) is 2.26. The predicted octanol–water partition coefficient (Wildman–Crippen LogP) is 3.43. The van der Waals surface area contributed by atoms with Crippen molar-refractivity contribution < 1.29 is 9.90 Å². The van der Waals surface area contributed by atoms with Gasteiger partial charge in [0.05, 0.1) is 0 Å². The first-order valence-electron chi connectivity index (χ1n) is 5.15. The van der Waals surface area contributed by atoms with Crippen LogP contribution in [0.15, 0.2) is 34.9 Å². The summed E-state index contributed by atoms with van der Waals surface area (Å²) in [6.45, 7) is 1.81. The van der Waals surface area contributed by atoms with E-state index in [0.717, 1.165) is 26.5 Å². The Balaban J connectivity index is 2.68. The van der Waals surface area contributed by atoms with Crippen molar-refractivity contribution in [2.75, 3.05) is 0 Å². The molecule has 1 heterocycles. The maximum atomic E-state index is 10.7. The molecule has 2 rings (SSSR count). The SMILES string of the molecule is C/C(=C\C(=O)O)c1cn(C)c2cc(Br)ccc12. The summed E-state index contributed by atoms with van der Waals surface area (Å²) in [4.78, 5) is 10.7. The van der Waals surface area contributed by atoms with Crippen LogP contribution in [0, 0.1) is 0 Å². The summed E-state index contributed by atoms with van der Waals surface area (Å²) in [6.07, 6.45) is 3.18. The number of benzene rings is 1. The van der Waals surface area contributed by atoms with Crippen molar-refractivity contribution in [3.63, 3.8) is 0 Å². The zero-order valence-electron chi connectivity index (χ0n) is 9.57. The number of carboxylic acids is 1. The highest BCUT2D eigenvalue weighted by molar-refractivity contribution is 9.10. The van der Waals surface area contributed by atoms with E-state index in [1.807, 2.05) is 42.9 Å². The van der Waals surface area contributed by atoms with Crippen LogP contribution < -0.4 is 0 Å². The van der Waals surface area contributed by atoms with Crippen molar-refractivity contribution in [2.45, 2.75) is 6.92 Å². The van der Waals surface area contributed by atoms with E-state index in [2.05, 4.69) is 15.9 Å². The van der Waals surface area contributed by atoms with Gasteiger partial charge in [0, 0.05) is 40.3 Å². The minimum atomic E-state index is -0.920. The molecule has 2 aromatic rings. The number of carbonyl (C=O) groups is 1. The first-order chi connectivity index (χ1) is 7.99. The molecule has 0 aliphatic heterocycles. The van der Waals surface area contributed by atoms with E-state index in [4.69, 9.17) is 5.11 Å². The summed E-state index contributed by atoms with van der Waals surface area (Å²) in [6, 6.07) is 5.97. The van der Waals surface area contributed by atoms with Gasteiger partial charge in [-0.05, 0) is 24.6 Å². The minimum absolute atomic E-state index is 0.755. The molecule has 88 valence electrons. The number of rotatable bonds is 2. The van der Waals surface area contributed by atoms with E-state index in [1.165, 1.54) is 6.08 Å². The number of hydrogen-bond donors (Lipinski definition) is 1. The topological polar surface area (TPSA) is 42.2 Å². The van der Waals surface area contributed by atoms with Crippen molar-refractivity contribution in [3.05, 3.63) is 40.5 Å². The highest BCUT2D eigenvalue weighted by atomic mass is 79.9. The van der Waals surface area contributed by atoms with Gasteiger partial charge in [0.2, 0.25) is 0 Å². The molecule has 0 amide bonds. The number of nitrogens with zero attached hydrogens (tertiary/aromatic N) is 1. The van der Waals surface area contributed by atoms with E-state index in [1.54, 1.807) is 0 Å². The monoisotopic (exact) mass is 293 g/mol. The lowest BCUT2D eigenvalue weighted by molar-refractivity contribution is -0.131. The average Bonchev–Trinajstić information content (AvgIpc) is 2.55. The third-order valence-corrected chi connectivity index (χ3v) is 3.21. The fourth-order valence-electron chi connectivity index (χ4n) is 1.93. The summed E-state index contributed by atoms with van der Waals surface area (Å²) >= 11 is 3.43. The Hall–Kier alpha value is -1.55. The largest absolute Gasteiger partial charge is 0.478 e. The molecule has 0 bridgehead atoms. The second-order valence-corrected chi connectivity index (χ2v) is 4.90. The van der Waals surface area contributed by atoms with Gasteiger partial charge in [0.15, 0.2) is 0 Å². The molecule has 0 saturated heterocycles. The number of allylic oxidation sites excluding steroid dienone is 1. The van der Waals surface area contributed by atoms with E-state index in [0.29, 0.717) is 0 Å². The first-order valence-corrected chi connectivity index (χ1v) is 5.94. The Morgan fingerprint density at radius 1 is 1.47 bits per heavy atom. The lowest BCUT2D eigenvalue weighted by atomic mass is 10.1. The zero-order valence-corrected chi connectivity index (χ0v) is 11.2. The summed E-state index contributed by atoms with van der Waals surface area (Å²) < 4.78 is 3.01. The molecular formula is C13H12BrNO2. The van der Waals surface area contributed by atoms with Crippen LogP contribution in [0.5, 0.6) is 0 Å². The van der Waals surface area contributed by atoms with Crippen LogP contribution in [0.3, 0.4) is 0 Å². The molecule has 1 N–H and O–H groups in total. The number of aromatic nitrogens is 1. The fraction of sp³-hybridized carbons (Fsp3) is 0.154. The first kappa shape index (κ1) is 11.9. The number of carboxylic acid groups (broad SMARTS) is 1. The highest BCUT2D eigenvalue weighted by Crippen LogP contribution is 2.28. The van der Waals surface area contributed by atoms with Crippen molar-refractivity contribution in [3.8, 4) is 0 Å². The summed E-state index contributed by atoms with van der Waals surface area (Å²) in [5.74, 6) is -0.920. The molecule has 0 aliphatic carbocycles. The van der Waals surface area contributed by atoms with Crippen molar-refractivity contribution in [1.82, 2.24) is 4.57 Å². The molecule has 0 fully saturated rings. The van der Waals surface area contributed by atoms with Crippen LogP contribution in [0.1, 0.15) is 12.5 Å². The van der Waals surface area contributed by atoms with Gasteiger partial charge in [-0.15, -0.1) is 0 Å². The van der Waals surface area contributed by atoms with Gasteiger partial charge < -0.3 is 9.67 Å². The van der Waals surface area contributed by atoms with Crippen LogP contribution in [0.2, 0.25) is 0 Å². The van der Waals surface area contributed by atoms with E-state index in [-0.39, 0.29) is 0 Å². The third-order valence-electron chi connectivity index (χ3n) is 2.72. The quantitative estimate of drug-likeness (QED) is 0.862. The van der Waals surface area contributed by atoms with E-state index in [9.17, 15) is 4.79 Å². The second kappa shape index (κ2) is 4.37. The molecule has 0 radical (unpaired) electrons. The van der Waals surface area contributed by atoms with Gasteiger partial charge in [-0.25, -0.2) is 4.79 Å². The van der Waals surface area contributed by atoms with Gasteiger partial charge in [-0.2, -0.15) is 0 Å². The van der Waals surface area contributed by atoms with Crippen LogP contribution in [0.4, 0.5) is 0 Å². The second-order valence-electron chi connectivity index (χ2n) is 3.98. The zero-order chi connectivity index (χ0) is 12.6. The lowest BCUT2D eigenvalue weighted by Crippen LogP contribution is -1.89. The molecule has 1 aromatic heterocycles. The highest BCUT2D eigenvalue weighted by Gasteiger charge is 2.09. The molecule has 0 unspecified atom stereocenters. The van der Waals surface area contributed by atoms with Crippen LogP contribution in [-0.4, -0.2) is 15.6 Å². The Morgan fingerprint density at radius 2 is 2.18 bits per heavy atom. The average molecular weight is 294 g/mol. The number of halogens is 1. The van der Waals surface area contributed by atoms with Gasteiger partial charge in [0.1, 0.15) is 0 Å². The Morgan fingerprint density at radius 3 is 2.82 bits per heavy atom. The van der Waals surface area contributed by atoms with Crippen LogP contribution in [0.25, 0.3) is 16.5 Å². The van der Waals surface area contributed by atoms with Gasteiger partial charge in [-0.3, -0.25) is 0 Å². The lowest BCUT2D eigenvalue weighted by Gasteiger charge is -1.98. The summed E-state index contributed by atoms with van der Waals surface area (Å²) in [5, 5.41) is 9.84. The van der Waals surface area contributed by atoms with Crippen LogP contribution in [-0.2, 0) is 11.8 Å². The Kier molecular flexibility index (Phi) is 3.07. The number of aliphatic carboxylic acids is 1. The van der Waals surface area contributed by atoms with Gasteiger partial charge >= 0.3 is 5.97 Å². The summed E-state index contributed by atoms with van der Waals surface area (Å²) in [7, 11) is 1.95. The predicted molar refractivity (Wildman–Crippen MR) is 71.9 cm³/mol. The number of aryl methyl sites for hydroxylation is 1. The molecule has 0 aliphatic rings. The normalized spacial score (nSPS) is 12.1. The molecule has 0 saturated carbocycles. The molecular weight excluding hydrogens is 282 g/mol. The molecule has 0 spiro atoms. The summed E-state index contributed by atoms with van der Waals surface area (Å²) in [5.41, 5.74) is 2.79. The fourth-order valence-corrected chi connectivity index (χ4v) is 2.28. The molecule has 17 heavy (non-hydrogen) atoms. The van der Waals surface area contributed by atoms with Gasteiger partial charge in [-0.1, -0.05) is 22.0 Å². The van der Waals surface area contributed by atoms with Crippen molar-refractivity contribution in [2.24, 2.45) is 7.05 Å². The standard InChI is InChI=1S/C13H12BrNO2/c1-8(5-13(16)17)11-7-15(2)12-6-9(14)3-4-10(11)12/h3-7H,1-2H3,(H,16,17)/b8-5+. The van der Waals surface area contributed by atoms with Crippen molar-refractivity contribution in [1.29, 1.82) is 0 Å². The van der Waals surface area contributed by atoms with Crippen molar-refractivity contribution >= 4 is 38.4 Å². The minimum Gasteiger partial charge on any atom is -0.478 e. The molecule has 4 heteroatoms. The Bertz CT molecular complexity index is 626. The number of fused-ring (bicyclic) bond motifs is 1. The van der Waals surface area contributed by atoms with E-state index < -0.39 is 5.97 Å². The molecule has 1 aromatic carbocycles. The van der Waals surface area contributed by atoms with Crippen LogP contribution >= 0.6 is 15.9 Å². The maximum Gasteiger partial charge on any atom is 0.328 e. The molecule has 0 atom stereocenters. The molecule has 3 nitrogen and oxygen atoms in total. The smallest absolute Gasteiger partial charge is 0.328 e. The van der Waals surface area contributed by atoms with E-state index >= 15 is 0 Å². The van der Waals surface area contributed by atoms with Gasteiger partial charge in [0.25, 0.3) is 0 Å². The Labute approximate surface area is 107 Å². The number of hydrogen-bond acceptors (Lipinski definition) is 1.